The second-order valence-electron chi connectivity index (χ2n) is 7.75. The van der Waals surface area contributed by atoms with E-state index in [0.717, 1.165) is 11.3 Å². The van der Waals surface area contributed by atoms with Crippen LogP contribution >= 0.6 is 0 Å². The summed E-state index contributed by atoms with van der Waals surface area (Å²) in [5.74, 6) is 2.06. The number of amides is 1. The summed E-state index contributed by atoms with van der Waals surface area (Å²) in [6.07, 6.45) is 1.51. The summed E-state index contributed by atoms with van der Waals surface area (Å²) >= 11 is 0. The van der Waals surface area contributed by atoms with Gasteiger partial charge in [-0.25, -0.2) is 4.79 Å². The Morgan fingerprint density at radius 2 is 2.08 bits per heavy atom. The van der Waals surface area contributed by atoms with Gasteiger partial charge in [0.15, 0.2) is 11.5 Å². The highest BCUT2D eigenvalue weighted by atomic mass is 16.5. The van der Waals surface area contributed by atoms with E-state index in [-0.39, 0.29) is 12.0 Å². The van der Waals surface area contributed by atoms with Gasteiger partial charge in [-0.2, -0.15) is 0 Å². The lowest BCUT2D eigenvalue weighted by molar-refractivity contribution is 0.0470. The molecule has 1 saturated carbocycles. The summed E-state index contributed by atoms with van der Waals surface area (Å²) in [7, 11) is 3.01. The van der Waals surface area contributed by atoms with Crippen molar-refractivity contribution in [3.05, 3.63) is 23.8 Å². The van der Waals surface area contributed by atoms with Gasteiger partial charge in [-0.05, 0) is 43.4 Å². The molecule has 3 unspecified atom stereocenters. The van der Waals surface area contributed by atoms with E-state index < -0.39 is 11.5 Å². The van der Waals surface area contributed by atoms with E-state index in [4.69, 9.17) is 14.2 Å². The Hall–Kier alpha value is -1.95. The predicted molar refractivity (Wildman–Crippen MR) is 97.7 cm³/mol. The number of rotatable bonds is 6. The molecule has 2 aliphatic rings. The van der Waals surface area contributed by atoms with Crippen molar-refractivity contribution in [3.8, 4) is 11.5 Å². The van der Waals surface area contributed by atoms with Crippen LogP contribution in [0.4, 0.5) is 4.79 Å². The minimum atomic E-state index is -0.569. The number of hydrogen-bond donors (Lipinski definition) is 1. The normalized spacial score (nSPS) is 26.5. The van der Waals surface area contributed by atoms with Crippen LogP contribution in [0, 0.1) is 11.3 Å². The molecule has 2 fully saturated rings. The Balaban J connectivity index is 1.89. The number of aliphatic hydroxyl groups is 1. The van der Waals surface area contributed by atoms with Crippen molar-refractivity contribution < 1.29 is 24.1 Å². The standard InChI is InChI=1S/C20H29NO5/c1-13(22)20(2)12-21(19(23)25-4)10-16(20)15-7-8-17(24-3)18(9-15)26-11-14-5-6-14/h7-9,13-14,16,22H,5-6,10-12H2,1-4H3. The average Bonchev–Trinajstić information content (AvgIpc) is 3.40. The number of likely N-dealkylation sites (tertiary alicyclic amines) is 1. The fourth-order valence-corrected chi connectivity index (χ4v) is 3.71. The summed E-state index contributed by atoms with van der Waals surface area (Å²) in [5.41, 5.74) is 0.572. The van der Waals surface area contributed by atoms with Gasteiger partial charge in [-0.3, -0.25) is 0 Å². The maximum atomic E-state index is 12.0. The molecule has 0 radical (unpaired) electrons. The van der Waals surface area contributed by atoms with Gasteiger partial charge >= 0.3 is 6.09 Å². The molecule has 0 aromatic heterocycles. The smallest absolute Gasteiger partial charge is 0.409 e. The molecule has 1 saturated heterocycles. The van der Waals surface area contributed by atoms with Gasteiger partial charge in [0.25, 0.3) is 0 Å². The Bertz CT molecular complexity index is 658. The number of carbonyl (C=O) groups is 1. The third kappa shape index (κ3) is 3.61. The summed E-state index contributed by atoms with van der Waals surface area (Å²) < 4.78 is 16.3. The van der Waals surface area contributed by atoms with E-state index in [1.54, 1.807) is 18.9 Å². The highest BCUT2D eigenvalue weighted by Gasteiger charge is 2.48. The predicted octanol–water partition coefficient (Wildman–Crippen LogP) is 3.04. The second kappa shape index (κ2) is 7.35. The first-order chi connectivity index (χ1) is 12.4. The highest BCUT2D eigenvalue weighted by molar-refractivity contribution is 5.68. The fourth-order valence-electron chi connectivity index (χ4n) is 3.71. The van der Waals surface area contributed by atoms with Crippen molar-refractivity contribution in [1.82, 2.24) is 4.90 Å². The summed E-state index contributed by atoms with van der Waals surface area (Å²) in [6.45, 7) is 5.45. The lowest BCUT2D eigenvalue weighted by atomic mass is 9.72. The Morgan fingerprint density at radius 1 is 1.35 bits per heavy atom. The van der Waals surface area contributed by atoms with Crippen molar-refractivity contribution >= 4 is 6.09 Å². The lowest BCUT2D eigenvalue weighted by Gasteiger charge is -2.33. The van der Waals surface area contributed by atoms with E-state index >= 15 is 0 Å². The summed E-state index contributed by atoms with van der Waals surface area (Å²) in [5, 5.41) is 10.4. The van der Waals surface area contributed by atoms with E-state index in [9.17, 15) is 9.90 Å². The first kappa shape index (κ1) is 18.8. The monoisotopic (exact) mass is 363 g/mol. The molecule has 1 aliphatic carbocycles. The third-order valence-electron chi connectivity index (χ3n) is 5.88. The zero-order chi connectivity index (χ0) is 18.9. The minimum absolute atomic E-state index is 0.0178. The molecule has 1 amide bonds. The van der Waals surface area contributed by atoms with Crippen molar-refractivity contribution in [2.24, 2.45) is 11.3 Å². The van der Waals surface area contributed by atoms with Crippen LogP contribution in [0.3, 0.4) is 0 Å². The van der Waals surface area contributed by atoms with Gasteiger partial charge in [-0.1, -0.05) is 13.0 Å². The van der Waals surface area contributed by atoms with E-state index in [2.05, 4.69) is 0 Å². The van der Waals surface area contributed by atoms with E-state index in [1.165, 1.54) is 20.0 Å². The third-order valence-corrected chi connectivity index (χ3v) is 5.88. The number of carbonyl (C=O) groups excluding carboxylic acids is 1. The maximum Gasteiger partial charge on any atom is 0.409 e. The van der Waals surface area contributed by atoms with Gasteiger partial charge in [0.1, 0.15) is 0 Å². The molecular weight excluding hydrogens is 334 g/mol. The Labute approximate surface area is 155 Å². The minimum Gasteiger partial charge on any atom is -0.493 e. The van der Waals surface area contributed by atoms with Gasteiger partial charge in [-0.15, -0.1) is 0 Å². The van der Waals surface area contributed by atoms with Gasteiger partial charge in [0.2, 0.25) is 0 Å². The molecule has 0 spiro atoms. The van der Waals surface area contributed by atoms with Crippen molar-refractivity contribution in [2.75, 3.05) is 33.9 Å². The topological polar surface area (TPSA) is 68.2 Å². The quantitative estimate of drug-likeness (QED) is 0.841. The van der Waals surface area contributed by atoms with Crippen LogP contribution in [-0.2, 0) is 4.74 Å². The lowest BCUT2D eigenvalue weighted by Crippen LogP contribution is -2.38. The molecule has 1 heterocycles. The molecule has 0 bridgehead atoms. The Kier molecular flexibility index (Phi) is 5.32. The first-order valence-electron chi connectivity index (χ1n) is 9.20. The molecule has 1 aromatic carbocycles. The van der Waals surface area contributed by atoms with Crippen LogP contribution in [0.2, 0.25) is 0 Å². The van der Waals surface area contributed by atoms with Gasteiger partial charge < -0.3 is 24.2 Å². The van der Waals surface area contributed by atoms with Crippen molar-refractivity contribution in [1.29, 1.82) is 0 Å². The average molecular weight is 363 g/mol. The molecule has 1 aliphatic heterocycles. The van der Waals surface area contributed by atoms with E-state index in [0.29, 0.717) is 31.4 Å². The number of methoxy groups -OCH3 is 2. The molecule has 144 valence electrons. The molecule has 6 heteroatoms. The summed E-state index contributed by atoms with van der Waals surface area (Å²) in [6, 6.07) is 5.89. The molecular formula is C20H29NO5. The van der Waals surface area contributed by atoms with Crippen LogP contribution in [0.15, 0.2) is 18.2 Å². The van der Waals surface area contributed by atoms with Crippen LogP contribution < -0.4 is 9.47 Å². The van der Waals surface area contributed by atoms with Gasteiger partial charge in [0.05, 0.1) is 26.9 Å². The molecule has 26 heavy (non-hydrogen) atoms. The maximum absolute atomic E-state index is 12.0. The number of nitrogens with zero attached hydrogens (tertiary/aromatic N) is 1. The number of ether oxygens (including phenoxy) is 3. The molecule has 1 aromatic rings. The first-order valence-corrected chi connectivity index (χ1v) is 9.20. The number of benzene rings is 1. The highest BCUT2D eigenvalue weighted by Crippen LogP contribution is 2.47. The molecule has 1 N–H and O–H groups in total. The molecule has 3 atom stereocenters. The SMILES string of the molecule is COC(=O)N1CC(c2ccc(OC)c(OCC3CC3)c2)C(C)(C(C)O)C1. The molecule has 3 rings (SSSR count). The van der Waals surface area contributed by atoms with Gasteiger partial charge in [0, 0.05) is 24.4 Å². The molecule has 6 nitrogen and oxygen atoms in total. The largest absolute Gasteiger partial charge is 0.493 e. The Morgan fingerprint density at radius 3 is 2.65 bits per heavy atom. The zero-order valence-electron chi connectivity index (χ0n) is 16.0. The van der Waals surface area contributed by atoms with Crippen LogP contribution in [-0.4, -0.2) is 56.1 Å². The summed E-state index contributed by atoms with van der Waals surface area (Å²) in [4.78, 5) is 13.7. The second-order valence-corrected chi connectivity index (χ2v) is 7.75. The number of hydrogen-bond acceptors (Lipinski definition) is 5. The number of aliphatic hydroxyl groups excluding tert-OH is 1. The van der Waals surface area contributed by atoms with Crippen molar-refractivity contribution in [3.63, 3.8) is 0 Å². The van der Waals surface area contributed by atoms with E-state index in [1.807, 2.05) is 25.1 Å². The fraction of sp³-hybridized carbons (Fsp3) is 0.650. The van der Waals surface area contributed by atoms with Crippen LogP contribution in [0.5, 0.6) is 11.5 Å². The zero-order valence-corrected chi connectivity index (χ0v) is 16.0. The van der Waals surface area contributed by atoms with Crippen LogP contribution in [0.25, 0.3) is 0 Å². The van der Waals surface area contributed by atoms with Crippen molar-refractivity contribution in [2.45, 2.75) is 38.7 Å². The van der Waals surface area contributed by atoms with Crippen LogP contribution in [0.1, 0.15) is 38.2 Å².